The molecule has 0 aromatic heterocycles. The van der Waals surface area contributed by atoms with E-state index >= 15 is 0 Å². The van der Waals surface area contributed by atoms with E-state index in [0.29, 0.717) is 15.7 Å². The van der Waals surface area contributed by atoms with Crippen LogP contribution in [0, 0.1) is 0 Å². The Kier molecular flexibility index (Phi) is 6.08. The molecule has 104 valence electrons. The summed E-state index contributed by atoms with van der Waals surface area (Å²) in [7, 11) is 2.84. The van der Waals surface area contributed by atoms with Crippen LogP contribution in [0.25, 0.3) is 0 Å². The van der Waals surface area contributed by atoms with Crippen molar-refractivity contribution in [3.05, 3.63) is 28.2 Å². The Bertz CT molecular complexity index is 480. The third-order valence-corrected chi connectivity index (χ3v) is 3.01. The molecule has 0 radical (unpaired) electrons. The van der Waals surface area contributed by atoms with Gasteiger partial charge in [-0.05, 0) is 25.2 Å². The molecule has 19 heavy (non-hydrogen) atoms. The maximum atomic E-state index is 12.0. The van der Waals surface area contributed by atoms with E-state index in [0.717, 1.165) is 0 Å². The fourth-order valence-electron chi connectivity index (χ4n) is 1.39. The van der Waals surface area contributed by atoms with Crippen LogP contribution in [0.15, 0.2) is 18.2 Å². The number of nitrogens with one attached hydrogen (secondary N) is 2. The normalized spacial score (nSPS) is 11.8. The van der Waals surface area contributed by atoms with Crippen molar-refractivity contribution in [1.29, 1.82) is 0 Å². The summed E-state index contributed by atoms with van der Waals surface area (Å²) < 4.78 is 4.52. The van der Waals surface area contributed by atoms with Crippen molar-refractivity contribution in [2.75, 3.05) is 19.5 Å². The number of rotatable bonds is 5. The van der Waals surface area contributed by atoms with Gasteiger partial charge in [0, 0.05) is 5.02 Å². The quantitative estimate of drug-likeness (QED) is 0.817. The molecular weight excluding hydrogens is 291 g/mol. The average Bonchev–Trinajstić information content (AvgIpc) is 2.39. The molecule has 0 heterocycles. The molecule has 7 heteroatoms. The molecule has 0 spiro atoms. The monoisotopic (exact) mass is 304 g/mol. The summed E-state index contributed by atoms with van der Waals surface area (Å²) in [6.45, 7) is 0. The summed E-state index contributed by atoms with van der Waals surface area (Å²) in [6, 6.07) is 4.02. The van der Waals surface area contributed by atoms with Gasteiger partial charge in [0.15, 0.2) is 0 Å². The first-order chi connectivity index (χ1) is 8.97. The fourth-order valence-corrected chi connectivity index (χ4v) is 1.73. The van der Waals surface area contributed by atoms with Crippen LogP contribution in [0.3, 0.4) is 0 Å². The minimum absolute atomic E-state index is 0.0724. The first-order valence-electron chi connectivity index (χ1n) is 5.48. The van der Waals surface area contributed by atoms with Gasteiger partial charge in [0.05, 0.1) is 30.3 Å². The van der Waals surface area contributed by atoms with Crippen LogP contribution in [0.1, 0.15) is 6.42 Å². The number of esters is 1. The Labute approximate surface area is 121 Å². The molecule has 1 amide bonds. The lowest BCUT2D eigenvalue weighted by Crippen LogP contribution is -2.40. The van der Waals surface area contributed by atoms with E-state index in [-0.39, 0.29) is 6.42 Å². The predicted molar refractivity (Wildman–Crippen MR) is 74.6 cm³/mol. The van der Waals surface area contributed by atoms with Crippen LogP contribution in [0.5, 0.6) is 0 Å². The maximum absolute atomic E-state index is 12.0. The van der Waals surface area contributed by atoms with E-state index < -0.39 is 17.9 Å². The Balaban J connectivity index is 2.76. The van der Waals surface area contributed by atoms with Gasteiger partial charge in [-0.2, -0.15) is 0 Å². The van der Waals surface area contributed by atoms with Crippen molar-refractivity contribution >= 4 is 40.8 Å². The molecule has 2 N–H and O–H groups in total. The second-order valence-corrected chi connectivity index (χ2v) is 4.58. The first-order valence-corrected chi connectivity index (χ1v) is 6.23. The van der Waals surface area contributed by atoms with Crippen molar-refractivity contribution in [1.82, 2.24) is 5.32 Å². The molecular formula is C12H14Cl2N2O3. The summed E-state index contributed by atoms with van der Waals surface area (Å²) in [4.78, 5) is 23.1. The Morgan fingerprint density at radius 1 is 1.37 bits per heavy atom. The van der Waals surface area contributed by atoms with E-state index in [1.165, 1.54) is 13.2 Å². The zero-order valence-corrected chi connectivity index (χ0v) is 12.0. The molecule has 1 atom stereocenters. The molecule has 0 aliphatic heterocycles. The Morgan fingerprint density at radius 2 is 2.05 bits per heavy atom. The van der Waals surface area contributed by atoms with E-state index in [9.17, 15) is 9.59 Å². The smallest absolute Gasteiger partial charge is 0.307 e. The lowest BCUT2D eigenvalue weighted by atomic mass is 10.2. The molecule has 1 rings (SSSR count). The molecule has 0 saturated heterocycles. The van der Waals surface area contributed by atoms with Crippen molar-refractivity contribution in [3.63, 3.8) is 0 Å². The van der Waals surface area contributed by atoms with Gasteiger partial charge < -0.3 is 15.4 Å². The van der Waals surface area contributed by atoms with Crippen LogP contribution >= 0.6 is 23.2 Å². The number of amides is 1. The van der Waals surface area contributed by atoms with Gasteiger partial charge in [0.2, 0.25) is 5.91 Å². The largest absolute Gasteiger partial charge is 0.469 e. The first kappa shape index (κ1) is 15.8. The number of ether oxygens (including phenoxy) is 1. The molecule has 1 aromatic carbocycles. The summed E-state index contributed by atoms with van der Waals surface area (Å²) in [5.74, 6) is -0.872. The third-order valence-electron chi connectivity index (χ3n) is 2.45. The highest BCUT2D eigenvalue weighted by atomic mass is 35.5. The highest BCUT2D eigenvalue weighted by Gasteiger charge is 2.21. The Hall–Kier alpha value is -1.30. The maximum Gasteiger partial charge on any atom is 0.307 e. The number of hydrogen-bond donors (Lipinski definition) is 2. The van der Waals surface area contributed by atoms with Gasteiger partial charge in [0.25, 0.3) is 0 Å². The Morgan fingerprint density at radius 3 is 2.63 bits per heavy atom. The number of benzene rings is 1. The molecule has 0 saturated carbocycles. The SMILES string of the molecule is CNC(CC(=O)OC)C(=O)Nc1cc(Cl)ccc1Cl. The molecule has 0 aliphatic rings. The van der Waals surface area contributed by atoms with Crippen LogP contribution in [-0.4, -0.2) is 32.1 Å². The topological polar surface area (TPSA) is 67.4 Å². The molecule has 0 fully saturated rings. The van der Waals surface area contributed by atoms with Crippen LogP contribution < -0.4 is 10.6 Å². The predicted octanol–water partition coefficient (Wildman–Crippen LogP) is 2.08. The van der Waals surface area contributed by atoms with E-state index in [1.54, 1.807) is 19.2 Å². The molecule has 0 bridgehead atoms. The average molecular weight is 305 g/mol. The zero-order valence-electron chi connectivity index (χ0n) is 10.5. The number of likely N-dealkylation sites (N-methyl/N-ethyl adjacent to an activating group) is 1. The molecule has 1 unspecified atom stereocenters. The molecule has 1 aromatic rings. The van der Waals surface area contributed by atoms with E-state index in [1.807, 2.05) is 0 Å². The minimum Gasteiger partial charge on any atom is -0.469 e. The lowest BCUT2D eigenvalue weighted by Gasteiger charge is -2.15. The summed E-state index contributed by atoms with van der Waals surface area (Å²) in [5.41, 5.74) is 0.393. The van der Waals surface area contributed by atoms with Crippen molar-refractivity contribution in [2.45, 2.75) is 12.5 Å². The van der Waals surface area contributed by atoms with E-state index in [2.05, 4.69) is 15.4 Å². The standard InChI is InChI=1S/C12H14Cl2N2O3/c1-15-10(6-11(17)19-2)12(18)16-9-5-7(13)3-4-8(9)14/h3-5,10,15H,6H2,1-2H3,(H,16,18). The van der Waals surface area contributed by atoms with Gasteiger partial charge in [-0.1, -0.05) is 23.2 Å². The van der Waals surface area contributed by atoms with E-state index in [4.69, 9.17) is 23.2 Å². The summed E-state index contributed by atoms with van der Waals surface area (Å²) in [6.07, 6.45) is -0.0724. The van der Waals surface area contributed by atoms with Gasteiger partial charge in [0.1, 0.15) is 0 Å². The number of halogens is 2. The van der Waals surface area contributed by atoms with Gasteiger partial charge in [-0.3, -0.25) is 9.59 Å². The number of anilines is 1. The number of hydrogen-bond acceptors (Lipinski definition) is 4. The minimum atomic E-state index is -0.706. The molecule has 0 aliphatic carbocycles. The second-order valence-electron chi connectivity index (χ2n) is 3.73. The van der Waals surface area contributed by atoms with Crippen molar-refractivity contribution in [2.24, 2.45) is 0 Å². The zero-order chi connectivity index (χ0) is 14.4. The van der Waals surface area contributed by atoms with Crippen LogP contribution in [0.2, 0.25) is 10.0 Å². The van der Waals surface area contributed by atoms with Crippen molar-refractivity contribution in [3.8, 4) is 0 Å². The van der Waals surface area contributed by atoms with Gasteiger partial charge in [-0.15, -0.1) is 0 Å². The van der Waals surface area contributed by atoms with Crippen molar-refractivity contribution < 1.29 is 14.3 Å². The lowest BCUT2D eigenvalue weighted by molar-refractivity contribution is -0.142. The van der Waals surface area contributed by atoms with Gasteiger partial charge in [-0.25, -0.2) is 0 Å². The number of methoxy groups -OCH3 is 1. The third kappa shape index (κ3) is 4.70. The number of carbonyl (C=O) groups excluding carboxylic acids is 2. The number of carbonyl (C=O) groups is 2. The van der Waals surface area contributed by atoms with Crippen LogP contribution in [0.4, 0.5) is 5.69 Å². The second kappa shape index (κ2) is 7.33. The van der Waals surface area contributed by atoms with Gasteiger partial charge >= 0.3 is 5.97 Å². The molecule has 5 nitrogen and oxygen atoms in total. The highest BCUT2D eigenvalue weighted by molar-refractivity contribution is 6.35. The summed E-state index contributed by atoms with van der Waals surface area (Å²) in [5, 5.41) is 6.16. The highest BCUT2D eigenvalue weighted by Crippen LogP contribution is 2.25. The summed E-state index contributed by atoms with van der Waals surface area (Å²) >= 11 is 11.8. The van der Waals surface area contributed by atoms with Crippen LogP contribution in [-0.2, 0) is 14.3 Å². The fraction of sp³-hybridized carbons (Fsp3) is 0.333.